The van der Waals surface area contributed by atoms with E-state index in [1.165, 1.54) is 0 Å². The van der Waals surface area contributed by atoms with Crippen LogP contribution in [-0.4, -0.2) is 61.3 Å². The van der Waals surface area contributed by atoms with Gasteiger partial charge in [0.2, 0.25) is 17.4 Å². The van der Waals surface area contributed by atoms with Crippen molar-refractivity contribution >= 4 is 43.9 Å². The van der Waals surface area contributed by atoms with E-state index in [0.29, 0.717) is 6.42 Å². The smallest absolute Gasteiger partial charge is 0.317 e. The molecule has 47 heavy (non-hydrogen) atoms. The molecule has 3 saturated heterocycles. The Morgan fingerprint density at radius 2 is 1.40 bits per heavy atom. The summed E-state index contributed by atoms with van der Waals surface area (Å²) in [5, 5.41) is -3.73. The van der Waals surface area contributed by atoms with Gasteiger partial charge in [0.05, 0.1) is 22.3 Å². The van der Waals surface area contributed by atoms with Gasteiger partial charge in [-0.15, -0.1) is 11.8 Å². The quantitative estimate of drug-likeness (QED) is 0.0955. The number of carbonyl (C=O) groups is 2. The SMILES string of the molecule is O=C(OC1C2OS(=O)(=O)C3C2SC1C3C(=O)Oc1c(F)c(F)c(S(=O)(=O)[O-])c(F)c1F)C1CC2c3ccccc3C1c1ccccc12. The number of carbonyl (C=O) groups excluding carboxylic acids is 2. The summed E-state index contributed by atoms with van der Waals surface area (Å²) in [6, 6.07) is 15.4. The highest BCUT2D eigenvalue weighted by molar-refractivity contribution is 8.03. The topological polar surface area (TPSA) is 153 Å². The average molecular weight is 712 g/mol. The summed E-state index contributed by atoms with van der Waals surface area (Å²) in [5.41, 5.74) is 4.07. The molecule has 10 nitrogen and oxygen atoms in total. The number of esters is 2. The van der Waals surface area contributed by atoms with Gasteiger partial charge in [-0.25, -0.2) is 17.2 Å². The van der Waals surface area contributed by atoms with Crippen LogP contribution in [0.15, 0.2) is 53.4 Å². The van der Waals surface area contributed by atoms with Crippen LogP contribution in [0, 0.1) is 35.1 Å². The van der Waals surface area contributed by atoms with Crippen LogP contribution in [0.2, 0.25) is 0 Å². The first-order valence-electron chi connectivity index (χ1n) is 14.2. The summed E-state index contributed by atoms with van der Waals surface area (Å²) in [6.45, 7) is 0. The normalized spacial score (nSPS) is 32.1. The predicted molar refractivity (Wildman–Crippen MR) is 151 cm³/mol. The summed E-state index contributed by atoms with van der Waals surface area (Å²) in [7, 11) is -10.6. The van der Waals surface area contributed by atoms with Crippen molar-refractivity contribution in [3.63, 3.8) is 0 Å². The van der Waals surface area contributed by atoms with E-state index < -0.39 is 106 Å². The van der Waals surface area contributed by atoms with Crippen LogP contribution in [0.25, 0.3) is 0 Å². The summed E-state index contributed by atoms with van der Waals surface area (Å²) >= 11 is 0.931. The molecule has 0 spiro atoms. The van der Waals surface area contributed by atoms with Gasteiger partial charge in [0, 0.05) is 11.8 Å². The molecule has 9 rings (SSSR count). The fourth-order valence-corrected chi connectivity index (χ4v) is 12.9. The van der Waals surface area contributed by atoms with E-state index in [1.54, 1.807) is 0 Å². The zero-order valence-corrected chi connectivity index (χ0v) is 25.8. The van der Waals surface area contributed by atoms with Gasteiger partial charge < -0.3 is 14.0 Å². The lowest BCUT2D eigenvalue weighted by molar-refractivity contribution is -0.162. The maximum atomic E-state index is 14.7. The molecule has 246 valence electrons. The van der Waals surface area contributed by atoms with Gasteiger partial charge in [0.1, 0.15) is 32.5 Å². The van der Waals surface area contributed by atoms with Crippen molar-refractivity contribution in [2.45, 2.75) is 51.1 Å². The molecule has 4 bridgehead atoms. The highest BCUT2D eigenvalue weighted by Crippen LogP contribution is 2.60. The molecule has 0 radical (unpaired) electrons. The average Bonchev–Trinajstić information content (AvgIpc) is 3.64. The Balaban J connectivity index is 1.10. The Hall–Kier alpha value is -3.51. The van der Waals surface area contributed by atoms with E-state index in [2.05, 4.69) is 4.74 Å². The Morgan fingerprint density at radius 1 is 0.851 bits per heavy atom. The molecule has 3 aliphatic heterocycles. The second-order valence-electron chi connectivity index (χ2n) is 11.9. The molecule has 6 aliphatic rings. The van der Waals surface area contributed by atoms with Crippen molar-refractivity contribution in [1.29, 1.82) is 0 Å². The number of ether oxygens (including phenoxy) is 2. The van der Waals surface area contributed by atoms with Gasteiger partial charge in [-0.05, 0) is 28.7 Å². The zero-order valence-electron chi connectivity index (χ0n) is 23.3. The molecular weight excluding hydrogens is 693 g/mol. The minimum Gasteiger partial charge on any atom is -0.744 e. The third-order valence-corrected chi connectivity index (χ3v) is 14.2. The highest BCUT2D eigenvalue weighted by Gasteiger charge is 2.73. The van der Waals surface area contributed by atoms with Gasteiger partial charge in [0.25, 0.3) is 10.1 Å². The van der Waals surface area contributed by atoms with Crippen molar-refractivity contribution in [1.82, 2.24) is 0 Å². The molecule has 3 aromatic rings. The lowest BCUT2D eigenvalue weighted by atomic mass is 9.59. The maximum absolute atomic E-state index is 14.7. The molecule has 3 fully saturated rings. The molecule has 7 atom stereocenters. The fraction of sp³-hybridized carbons (Fsp3) is 0.333. The van der Waals surface area contributed by atoms with E-state index in [0.717, 1.165) is 34.0 Å². The molecule has 7 unspecified atom stereocenters. The third kappa shape index (κ3) is 4.29. The van der Waals surface area contributed by atoms with Gasteiger partial charge in [-0.2, -0.15) is 17.2 Å². The summed E-state index contributed by atoms with van der Waals surface area (Å²) in [6.07, 6.45) is -2.11. The Labute approximate surface area is 268 Å². The maximum Gasteiger partial charge on any atom is 0.317 e. The standard InChI is InChI=1S/C30H20F4O10S3/c31-18-20(33)28(46(37,38)39)21(34)19(32)22(18)42-30(36)17-25-23(24-26(45-25)27(17)47(40,41)44-24)43-29(35)15-9-14-10-5-1-3-7-12(10)16(15)13-8-4-2-6-11(13)14/h1-8,14-17,23-27H,9H2,(H,37,38,39)/p-1. The molecule has 3 aliphatic carbocycles. The lowest BCUT2D eigenvalue weighted by Crippen LogP contribution is -2.51. The number of hydrogen-bond acceptors (Lipinski definition) is 11. The molecule has 0 N–H and O–H groups in total. The van der Waals surface area contributed by atoms with Crippen LogP contribution >= 0.6 is 11.8 Å². The van der Waals surface area contributed by atoms with Crippen molar-refractivity contribution in [2.24, 2.45) is 11.8 Å². The number of rotatable bonds is 5. The predicted octanol–water partition coefficient (Wildman–Crippen LogP) is 3.47. The summed E-state index contributed by atoms with van der Waals surface area (Å²) in [4.78, 5) is 24.8. The number of benzene rings is 3. The first-order valence-corrected chi connectivity index (χ1v) is 18.0. The molecule has 17 heteroatoms. The minimum absolute atomic E-state index is 0.108. The number of thioether (sulfide) groups is 1. The van der Waals surface area contributed by atoms with Gasteiger partial charge in [0.15, 0.2) is 11.6 Å². The molecule has 0 aromatic heterocycles. The largest absolute Gasteiger partial charge is 0.744 e. The van der Waals surface area contributed by atoms with Crippen molar-refractivity contribution in [3.8, 4) is 5.75 Å². The highest BCUT2D eigenvalue weighted by atomic mass is 32.2. The van der Waals surface area contributed by atoms with Gasteiger partial charge in [-0.1, -0.05) is 48.5 Å². The van der Waals surface area contributed by atoms with Crippen LogP contribution in [0.4, 0.5) is 17.6 Å². The van der Waals surface area contributed by atoms with Crippen molar-refractivity contribution < 1.29 is 62.2 Å². The second-order valence-corrected chi connectivity index (χ2v) is 16.3. The first-order chi connectivity index (χ1) is 22.2. The minimum atomic E-state index is -6.03. The Bertz CT molecular complexity index is 2070. The molecule has 3 heterocycles. The van der Waals surface area contributed by atoms with E-state index in [9.17, 15) is 48.5 Å². The van der Waals surface area contributed by atoms with Crippen LogP contribution in [-0.2, 0) is 38.7 Å². The Morgan fingerprint density at radius 3 is 1.96 bits per heavy atom. The number of hydrogen-bond donors (Lipinski definition) is 0. The number of fused-ring (bicyclic) bond motifs is 2. The lowest BCUT2D eigenvalue weighted by Gasteiger charge is -2.44. The van der Waals surface area contributed by atoms with Crippen LogP contribution in [0.5, 0.6) is 5.75 Å². The van der Waals surface area contributed by atoms with Crippen molar-refractivity contribution in [2.75, 3.05) is 0 Å². The van der Waals surface area contributed by atoms with E-state index in [1.807, 2.05) is 48.5 Å². The van der Waals surface area contributed by atoms with Gasteiger partial charge >= 0.3 is 11.9 Å². The zero-order chi connectivity index (χ0) is 33.3. The molecule has 3 aromatic carbocycles. The van der Waals surface area contributed by atoms with Crippen LogP contribution < -0.4 is 4.74 Å². The van der Waals surface area contributed by atoms with Crippen LogP contribution in [0.1, 0.15) is 40.5 Å². The summed E-state index contributed by atoms with van der Waals surface area (Å²) in [5.74, 6) is -17.5. The molecule has 0 amide bonds. The molecule has 0 saturated carbocycles. The van der Waals surface area contributed by atoms with E-state index >= 15 is 0 Å². The third-order valence-electron chi connectivity index (χ3n) is 9.66. The Kier molecular flexibility index (Phi) is 6.71. The van der Waals surface area contributed by atoms with Gasteiger partial charge in [-0.3, -0.25) is 13.8 Å². The van der Waals surface area contributed by atoms with E-state index in [4.69, 9.17) is 8.92 Å². The summed E-state index contributed by atoms with van der Waals surface area (Å²) < 4.78 is 133. The monoisotopic (exact) mass is 711 g/mol. The fourth-order valence-electron chi connectivity index (χ4n) is 7.89. The second kappa shape index (κ2) is 10.2. The molecular formula is C30H19F4O10S3-. The van der Waals surface area contributed by atoms with Crippen molar-refractivity contribution in [3.05, 3.63) is 94.1 Å². The van der Waals surface area contributed by atoms with Crippen LogP contribution in [0.3, 0.4) is 0 Å². The van der Waals surface area contributed by atoms with E-state index in [-0.39, 0.29) is 11.8 Å². The first kappa shape index (κ1) is 30.8. The number of halogens is 4.